The maximum absolute atomic E-state index is 11.3. The molecule has 0 aromatic rings. The van der Waals surface area contributed by atoms with E-state index in [2.05, 4.69) is 25.3 Å². The number of carbonyl (C=O) groups excluding carboxylic acids is 2. The molecule has 0 N–H and O–H groups in total. The van der Waals surface area contributed by atoms with Gasteiger partial charge in [0.15, 0.2) is 0 Å². The molecule has 0 bridgehead atoms. The monoisotopic (exact) mass is 466 g/mol. The van der Waals surface area contributed by atoms with Crippen LogP contribution < -0.4 is 0 Å². The van der Waals surface area contributed by atoms with Crippen LogP contribution >= 0.6 is 25.3 Å². The minimum absolute atomic E-state index is 0.00498. The molecule has 0 fully saturated rings. The highest BCUT2D eigenvalue weighted by molar-refractivity contribution is 7.81. The molecule has 0 spiro atoms. The van der Waals surface area contributed by atoms with E-state index in [9.17, 15) is 9.59 Å². The van der Waals surface area contributed by atoms with E-state index in [0.29, 0.717) is 65.7 Å². The molecule has 0 aromatic carbocycles. The summed E-state index contributed by atoms with van der Waals surface area (Å²) in [6, 6.07) is 0. The first-order valence-electron chi connectivity index (χ1n) is 10.5. The molecule has 6 nitrogen and oxygen atoms in total. The fraction of sp³-hybridized carbons (Fsp3) is 0.909. The van der Waals surface area contributed by atoms with Crippen molar-refractivity contribution in [2.45, 2.75) is 64.9 Å². The molecule has 0 aromatic heterocycles. The fourth-order valence-electron chi connectivity index (χ4n) is 2.92. The summed E-state index contributed by atoms with van der Waals surface area (Å²) in [5, 5.41) is -0.00996. The van der Waals surface area contributed by atoms with Crippen LogP contribution in [0, 0.1) is 10.8 Å². The number of hydrogen-bond donors (Lipinski definition) is 2. The van der Waals surface area contributed by atoms with Crippen LogP contribution in [0.4, 0.5) is 0 Å². The van der Waals surface area contributed by atoms with Gasteiger partial charge in [-0.1, -0.05) is 27.7 Å². The molecular formula is C22H42O6S2. The van der Waals surface area contributed by atoms with Crippen molar-refractivity contribution >= 4 is 36.8 Å². The summed E-state index contributed by atoms with van der Waals surface area (Å²) in [6.07, 6.45) is 0.986. The van der Waals surface area contributed by atoms with Gasteiger partial charge in [-0.25, -0.2) is 0 Å². The van der Waals surface area contributed by atoms with Crippen LogP contribution in [0.1, 0.15) is 54.4 Å². The van der Waals surface area contributed by atoms with Crippen molar-refractivity contribution < 1.29 is 28.5 Å². The lowest BCUT2D eigenvalue weighted by atomic mass is 9.84. The van der Waals surface area contributed by atoms with Crippen molar-refractivity contribution in [3.63, 3.8) is 0 Å². The molecule has 0 amide bonds. The van der Waals surface area contributed by atoms with Crippen molar-refractivity contribution in [1.29, 1.82) is 0 Å². The Labute approximate surface area is 193 Å². The highest BCUT2D eigenvalue weighted by Gasteiger charge is 2.29. The van der Waals surface area contributed by atoms with E-state index < -0.39 is 0 Å². The quantitative estimate of drug-likeness (QED) is 0.224. The highest BCUT2D eigenvalue weighted by atomic mass is 32.1. The van der Waals surface area contributed by atoms with Crippen LogP contribution in [-0.4, -0.2) is 74.9 Å². The van der Waals surface area contributed by atoms with Crippen molar-refractivity contribution in [1.82, 2.24) is 0 Å². The van der Waals surface area contributed by atoms with Crippen LogP contribution in [0.3, 0.4) is 0 Å². The number of hydrogen-bond acceptors (Lipinski definition) is 8. The number of Topliss-reactive ketones (excluding diaryl/α,β-unsaturated/α-hetero) is 2. The maximum atomic E-state index is 11.3. The van der Waals surface area contributed by atoms with Gasteiger partial charge < -0.3 is 28.5 Å². The molecular weight excluding hydrogens is 424 g/mol. The SMILES string of the molecule is CC(=O)CC(C)(C)C(S)COCCOCCOCCOCC(S)C(C)(C)CC(C)=O. The summed E-state index contributed by atoms with van der Waals surface area (Å²) in [5.41, 5.74) is -0.385. The summed E-state index contributed by atoms with van der Waals surface area (Å²) in [5.74, 6) is 0.324. The predicted octanol–water partition coefficient (Wildman–Crippen LogP) is 3.66. The number of carbonyl (C=O) groups is 2. The molecule has 0 rings (SSSR count). The van der Waals surface area contributed by atoms with Gasteiger partial charge in [-0.3, -0.25) is 0 Å². The Morgan fingerprint density at radius 3 is 1.17 bits per heavy atom. The maximum Gasteiger partial charge on any atom is 0.130 e. The van der Waals surface area contributed by atoms with Crippen LogP contribution in [0.2, 0.25) is 0 Å². The Morgan fingerprint density at radius 1 is 0.633 bits per heavy atom. The van der Waals surface area contributed by atoms with E-state index in [1.807, 2.05) is 27.7 Å². The highest BCUT2D eigenvalue weighted by Crippen LogP contribution is 2.30. The minimum atomic E-state index is -0.193. The molecule has 8 heteroatoms. The summed E-state index contributed by atoms with van der Waals surface area (Å²) in [4.78, 5) is 22.6. The van der Waals surface area contributed by atoms with Gasteiger partial charge in [0.2, 0.25) is 0 Å². The van der Waals surface area contributed by atoms with E-state index in [1.54, 1.807) is 13.8 Å². The van der Waals surface area contributed by atoms with Gasteiger partial charge in [0.25, 0.3) is 0 Å². The van der Waals surface area contributed by atoms with E-state index in [-0.39, 0.29) is 32.9 Å². The normalized spacial score (nSPS) is 14.5. The van der Waals surface area contributed by atoms with Gasteiger partial charge in [0.1, 0.15) is 11.6 Å². The summed E-state index contributed by atoms with van der Waals surface area (Å²) >= 11 is 9.11. The van der Waals surface area contributed by atoms with E-state index >= 15 is 0 Å². The Hall–Kier alpha value is -0.120. The third-order valence-corrected chi connectivity index (χ3v) is 6.58. The molecule has 30 heavy (non-hydrogen) atoms. The predicted molar refractivity (Wildman–Crippen MR) is 127 cm³/mol. The van der Waals surface area contributed by atoms with Crippen LogP contribution in [0.5, 0.6) is 0 Å². The van der Waals surface area contributed by atoms with Gasteiger partial charge in [-0.05, 0) is 24.7 Å². The first-order chi connectivity index (χ1) is 13.9. The standard InChI is InChI=1S/C22H42O6S2/c1-17(23)13-21(3,4)19(29)15-27-11-9-25-7-8-26-10-12-28-16-20(30)22(5,6)14-18(2)24/h19-20,29-30H,7-16H2,1-6H3. The van der Waals surface area contributed by atoms with Crippen LogP contribution in [0.25, 0.3) is 0 Å². The lowest BCUT2D eigenvalue weighted by Gasteiger charge is -2.29. The molecule has 0 aliphatic rings. The lowest BCUT2D eigenvalue weighted by Crippen LogP contribution is -2.31. The second-order valence-corrected chi connectivity index (χ2v) is 10.4. The first kappa shape index (κ1) is 29.9. The largest absolute Gasteiger partial charge is 0.378 e. The number of thiol groups is 2. The van der Waals surface area contributed by atoms with Crippen LogP contribution in [0.15, 0.2) is 0 Å². The lowest BCUT2D eigenvalue weighted by molar-refractivity contribution is -0.119. The molecule has 0 radical (unpaired) electrons. The smallest absolute Gasteiger partial charge is 0.130 e. The topological polar surface area (TPSA) is 71.1 Å². The van der Waals surface area contributed by atoms with E-state index in [4.69, 9.17) is 18.9 Å². The molecule has 0 saturated carbocycles. The van der Waals surface area contributed by atoms with Crippen molar-refractivity contribution in [3.8, 4) is 0 Å². The van der Waals surface area contributed by atoms with E-state index in [0.717, 1.165) is 0 Å². The molecule has 2 atom stereocenters. The van der Waals surface area contributed by atoms with Crippen molar-refractivity contribution in [2.24, 2.45) is 10.8 Å². The average Bonchev–Trinajstić information content (AvgIpc) is 2.59. The first-order valence-corrected chi connectivity index (χ1v) is 11.6. The molecule has 0 saturated heterocycles. The number of ether oxygens (including phenoxy) is 4. The number of rotatable bonds is 19. The van der Waals surface area contributed by atoms with E-state index in [1.165, 1.54) is 0 Å². The minimum Gasteiger partial charge on any atom is -0.378 e. The van der Waals surface area contributed by atoms with Crippen molar-refractivity contribution in [2.75, 3.05) is 52.9 Å². The number of ketones is 2. The second-order valence-electron chi connectivity index (χ2n) is 9.14. The third-order valence-electron chi connectivity index (χ3n) is 4.88. The Morgan fingerprint density at radius 2 is 0.900 bits per heavy atom. The molecule has 178 valence electrons. The van der Waals surface area contributed by atoms with Crippen molar-refractivity contribution in [3.05, 3.63) is 0 Å². The summed E-state index contributed by atoms with van der Waals surface area (Å²) in [7, 11) is 0. The molecule has 0 aliphatic carbocycles. The summed E-state index contributed by atoms with van der Waals surface area (Å²) in [6.45, 7) is 15.2. The summed E-state index contributed by atoms with van der Waals surface area (Å²) < 4.78 is 22.1. The fourth-order valence-corrected chi connectivity index (χ4v) is 3.31. The molecule has 2 unspecified atom stereocenters. The van der Waals surface area contributed by atoms with Gasteiger partial charge in [0, 0.05) is 23.3 Å². The van der Waals surface area contributed by atoms with Gasteiger partial charge in [-0.2, -0.15) is 25.3 Å². The van der Waals surface area contributed by atoms with Gasteiger partial charge >= 0.3 is 0 Å². The van der Waals surface area contributed by atoms with Crippen LogP contribution in [-0.2, 0) is 28.5 Å². The Kier molecular flexibility index (Phi) is 15.6. The molecule has 0 aliphatic heterocycles. The average molecular weight is 467 g/mol. The molecule has 0 heterocycles. The Bertz CT molecular complexity index is 452. The zero-order valence-corrected chi connectivity index (χ0v) is 21.4. The zero-order chi connectivity index (χ0) is 23.2. The zero-order valence-electron chi connectivity index (χ0n) is 19.6. The second kappa shape index (κ2) is 15.6. The van der Waals surface area contributed by atoms with Gasteiger partial charge in [0.05, 0.1) is 52.9 Å². The van der Waals surface area contributed by atoms with Gasteiger partial charge in [-0.15, -0.1) is 0 Å². The third kappa shape index (κ3) is 14.8. The Balaban J connectivity index is 3.59.